The van der Waals surface area contributed by atoms with Crippen LogP contribution < -0.4 is 0 Å². The lowest BCUT2D eigenvalue weighted by molar-refractivity contribution is -0.159. The molecule has 2 unspecified atom stereocenters. The molecule has 1 amide bonds. The summed E-state index contributed by atoms with van der Waals surface area (Å²) in [5, 5.41) is 0.157. The van der Waals surface area contributed by atoms with Gasteiger partial charge in [0.1, 0.15) is 6.04 Å². The number of carbonyl (C=O) groups is 2. The summed E-state index contributed by atoms with van der Waals surface area (Å²) in [7, 11) is 0. The highest BCUT2D eigenvalue weighted by molar-refractivity contribution is 8.00. The molecule has 1 saturated carbocycles. The van der Waals surface area contributed by atoms with Gasteiger partial charge in [-0.1, -0.05) is 32.6 Å². The molecule has 2 atom stereocenters. The summed E-state index contributed by atoms with van der Waals surface area (Å²) < 4.78 is 5.37. The molecule has 0 aromatic heterocycles. The molecule has 1 saturated heterocycles. The van der Waals surface area contributed by atoms with E-state index in [0.29, 0.717) is 5.75 Å². The number of esters is 1. The van der Waals surface area contributed by atoms with Gasteiger partial charge in [-0.25, -0.2) is 4.79 Å². The van der Waals surface area contributed by atoms with Crippen molar-refractivity contribution in [1.82, 2.24) is 4.90 Å². The largest absolute Gasteiger partial charge is 0.461 e. The fraction of sp³-hybridized carbons (Fsp3) is 0.882. The van der Waals surface area contributed by atoms with Crippen molar-refractivity contribution < 1.29 is 14.3 Å². The summed E-state index contributed by atoms with van der Waals surface area (Å²) in [5.41, 5.74) is 0. The van der Waals surface area contributed by atoms with Crippen LogP contribution in [0, 0.1) is 5.92 Å². The Morgan fingerprint density at radius 3 is 2.55 bits per heavy atom. The normalized spacial score (nSPS) is 25.4. The van der Waals surface area contributed by atoms with Gasteiger partial charge in [0.25, 0.3) is 0 Å². The number of rotatable bonds is 7. The number of nitrogens with zero attached hydrogens (tertiary/aromatic N) is 1. The maximum atomic E-state index is 12.8. The van der Waals surface area contributed by atoms with Crippen molar-refractivity contribution in [2.45, 2.75) is 83.2 Å². The number of amides is 1. The highest BCUT2D eigenvalue weighted by atomic mass is 32.2. The second-order valence-electron chi connectivity index (χ2n) is 6.66. The van der Waals surface area contributed by atoms with Crippen LogP contribution in [0.3, 0.4) is 0 Å². The predicted octanol–water partition coefficient (Wildman–Crippen LogP) is 3.59. The van der Waals surface area contributed by atoms with Gasteiger partial charge in [0.15, 0.2) is 0 Å². The van der Waals surface area contributed by atoms with Gasteiger partial charge in [0.05, 0.1) is 11.5 Å². The molecule has 0 aromatic carbocycles. The van der Waals surface area contributed by atoms with E-state index in [1.54, 1.807) is 11.8 Å². The summed E-state index contributed by atoms with van der Waals surface area (Å²) in [4.78, 5) is 27.0. The summed E-state index contributed by atoms with van der Waals surface area (Å²) in [6, 6.07) is -0.382. The zero-order valence-electron chi connectivity index (χ0n) is 14.0. The molecule has 0 bridgehead atoms. The van der Waals surface area contributed by atoms with Crippen LogP contribution in [0.15, 0.2) is 0 Å². The van der Waals surface area contributed by atoms with Gasteiger partial charge in [-0.15, -0.1) is 11.8 Å². The van der Waals surface area contributed by atoms with Crippen molar-refractivity contribution in [3.8, 4) is 0 Å². The number of ether oxygens (including phenoxy) is 1. The third-order valence-electron chi connectivity index (χ3n) is 4.48. The molecule has 1 aliphatic carbocycles. The minimum absolute atomic E-state index is 0.128. The second kappa shape index (κ2) is 8.23. The fourth-order valence-electron chi connectivity index (χ4n) is 3.01. The van der Waals surface area contributed by atoms with Crippen LogP contribution in [-0.2, 0) is 14.3 Å². The van der Waals surface area contributed by atoms with Crippen molar-refractivity contribution in [3.63, 3.8) is 0 Å². The average molecular weight is 327 g/mol. The van der Waals surface area contributed by atoms with Crippen molar-refractivity contribution in [2.24, 2.45) is 5.92 Å². The van der Waals surface area contributed by atoms with Gasteiger partial charge >= 0.3 is 5.97 Å². The zero-order chi connectivity index (χ0) is 16.1. The van der Waals surface area contributed by atoms with Crippen LogP contribution in [0.2, 0.25) is 0 Å². The number of thioether (sulfide) groups is 1. The number of hydrogen-bond acceptors (Lipinski definition) is 4. The highest BCUT2D eigenvalue weighted by Gasteiger charge is 2.45. The first kappa shape index (κ1) is 17.6. The monoisotopic (exact) mass is 327 g/mol. The van der Waals surface area contributed by atoms with E-state index >= 15 is 0 Å². The van der Waals surface area contributed by atoms with E-state index in [9.17, 15) is 9.59 Å². The second-order valence-corrected chi connectivity index (χ2v) is 7.87. The first-order valence-electron chi connectivity index (χ1n) is 8.68. The maximum Gasteiger partial charge on any atom is 0.330 e. The summed E-state index contributed by atoms with van der Waals surface area (Å²) in [6.45, 7) is 5.90. The Balaban J connectivity index is 2.04. The van der Waals surface area contributed by atoms with E-state index in [-0.39, 0.29) is 35.3 Å². The van der Waals surface area contributed by atoms with Crippen LogP contribution in [0.1, 0.15) is 65.7 Å². The van der Waals surface area contributed by atoms with E-state index in [2.05, 4.69) is 6.92 Å². The molecule has 2 aliphatic rings. The molecule has 22 heavy (non-hydrogen) atoms. The summed E-state index contributed by atoms with van der Waals surface area (Å²) in [6.07, 6.45) is 7.44. The van der Waals surface area contributed by atoms with Crippen molar-refractivity contribution in [1.29, 1.82) is 0 Å². The molecule has 2 fully saturated rings. The molecule has 1 heterocycles. The Labute approximate surface area is 138 Å². The van der Waals surface area contributed by atoms with E-state index in [1.807, 2.05) is 18.7 Å². The van der Waals surface area contributed by atoms with E-state index in [0.717, 1.165) is 32.1 Å². The molecule has 0 N–H and O–H groups in total. The highest BCUT2D eigenvalue weighted by Crippen LogP contribution is 2.38. The Morgan fingerprint density at radius 2 is 2.00 bits per heavy atom. The minimum atomic E-state index is -0.382. The van der Waals surface area contributed by atoms with Gasteiger partial charge < -0.3 is 9.64 Å². The fourth-order valence-corrected chi connectivity index (χ4v) is 4.45. The van der Waals surface area contributed by atoms with Gasteiger partial charge in [0.2, 0.25) is 5.91 Å². The molecule has 2 rings (SSSR count). The third-order valence-corrected chi connectivity index (χ3v) is 5.84. The molecule has 0 spiro atoms. The first-order chi connectivity index (χ1) is 10.5. The molecule has 1 aliphatic heterocycles. The molecule has 5 heteroatoms. The van der Waals surface area contributed by atoms with Crippen LogP contribution in [0.25, 0.3) is 0 Å². The lowest BCUT2D eigenvalue weighted by Gasteiger charge is -2.35. The molecular formula is C17H29NO3S. The molecule has 126 valence electrons. The molecule has 4 nitrogen and oxygen atoms in total. The quantitative estimate of drug-likeness (QED) is 0.529. The Bertz CT molecular complexity index is 395. The molecule has 0 aromatic rings. The van der Waals surface area contributed by atoms with Crippen LogP contribution in [0.4, 0.5) is 0 Å². The van der Waals surface area contributed by atoms with Gasteiger partial charge in [-0.2, -0.15) is 0 Å². The minimum Gasteiger partial charge on any atom is -0.461 e. The lowest BCUT2D eigenvalue weighted by atomic mass is 9.84. The van der Waals surface area contributed by atoms with Crippen molar-refractivity contribution in [2.75, 3.05) is 5.75 Å². The third kappa shape index (κ3) is 4.18. The number of unbranched alkanes of at least 4 members (excludes halogenated alkanes) is 2. The first-order valence-corrected chi connectivity index (χ1v) is 9.73. The Kier molecular flexibility index (Phi) is 6.60. The van der Waals surface area contributed by atoms with Crippen LogP contribution in [-0.4, -0.2) is 40.0 Å². The zero-order valence-corrected chi connectivity index (χ0v) is 14.9. The lowest BCUT2D eigenvalue weighted by Crippen LogP contribution is -2.50. The standard InChI is InChI=1S/C17H29NO3S/c1-4-5-6-10-15-18(16(19)13-8-7-9-13)14(11-22-15)17(20)21-12(2)3/h12-15H,4-11H2,1-3H3. The van der Waals surface area contributed by atoms with Gasteiger partial charge in [0, 0.05) is 11.7 Å². The smallest absolute Gasteiger partial charge is 0.330 e. The Morgan fingerprint density at radius 1 is 1.27 bits per heavy atom. The number of carbonyl (C=O) groups excluding carboxylic acids is 2. The summed E-state index contributed by atoms with van der Waals surface area (Å²) >= 11 is 1.75. The van der Waals surface area contributed by atoms with E-state index in [1.165, 1.54) is 12.8 Å². The SMILES string of the molecule is CCCCCC1SCC(C(=O)OC(C)C)N1C(=O)C1CCC1. The van der Waals surface area contributed by atoms with Gasteiger partial charge in [-0.05, 0) is 33.1 Å². The topological polar surface area (TPSA) is 46.6 Å². The van der Waals surface area contributed by atoms with E-state index in [4.69, 9.17) is 4.74 Å². The van der Waals surface area contributed by atoms with Crippen LogP contribution >= 0.6 is 11.8 Å². The molecular weight excluding hydrogens is 298 g/mol. The van der Waals surface area contributed by atoms with E-state index < -0.39 is 0 Å². The van der Waals surface area contributed by atoms with Crippen molar-refractivity contribution >= 4 is 23.6 Å². The predicted molar refractivity (Wildman–Crippen MR) is 89.6 cm³/mol. The number of hydrogen-bond donors (Lipinski definition) is 0. The average Bonchev–Trinajstić information content (AvgIpc) is 2.80. The van der Waals surface area contributed by atoms with Crippen molar-refractivity contribution in [3.05, 3.63) is 0 Å². The Hall–Kier alpha value is -0.710. The maximum absolute atomic E-state index is 12.8. The van der Waals surface area contributed by atoms with Gasteiger partial charge in [-0.3, -0.25) is 4.79 Å². The molecule has 0 radical (unpaired) electrons. The van der Waals surface area contributed by atoms with Crippen LogP contribution in [0.5, 0.6) is 0 Å². The summed E-state index contributed by atoms with van der Waals surface area (Å²) in [5.74, 6) is 0.777.